The molecule has 6 heteroatoms. The fourth-order valence-corrected chi connectivity index (χ4v) is 2.14. The van der Waals surface area contributed by atoms with Gasteiger partial charge in [0.1, 0.15) is 5.82 Å². The summed E-state index contributed by atoms with van der Waals surface area (Å²) in [5.41, 5.74) is 0. The maximum atomic E-state index is 11.2. The van der Waals surface area contributed by atoms with Crippen LogP contribution in [0.1, 0.15) is 38.9 Å². The maximum absolute atomic E-state index is 11.2. The van der Waals surface area contributed by atoms with Crippen LogP contribution in [-0.4, -0.2) is 18.0 Å². The van der Waals surface area contributed by atoms with Crippen molar-refractivity contribution in [3.8, 4) is 11.8 Å². The van der Waals surface area contributed by atoms with Gasteiger partial charge in [-0.3, -0.25) is 0 Å². The Kier molecular flexibility index (Phi) is 4.61. The second-order valence-electron chi connectivity index (χ2n) is 3.90. The number of hydrogen-bond acceptors (Lipinski definition) is 3. The standard InChI is InChI=1S/C11H15ClN2O2S/c1-4-5-6-7-14-8-10(17(12,15)16)13-11(14)9(2)3/h8-9H,6-7H2,1-3H3. The van der Waals surface area contributed by atoms with Crippen LogP contribution in [0, 0.1) is 11.8 Å². The molecule has 0 amide bonds. The fraction of sp³-hybridized carbons (Fsp3) is 0.545. The molecule has 1 aromatic rings. The number of aromatic nitrogens is 2. The Morgan fingerprint density at radius 2 is 2.18 bits per heavy atom. The molecule has 94 valence electrons. The first-order valence-corrected chi connectivity index (χ1v) is 7.58. The Bertz CT molecular complexity index is 550. The molecule has 0 aliphatic rings. The molecule has 0 aromatic carbocycles. The highest BCUT2D eigenvalue weighted by Crippen LogP contribution is 2.20. The van der Waals surface area contributed by atoms with Gasteiger partial charge in [0.15, 0.2) is 5.03 Å². The Balaban J connectivity index is 3.08. The molecule has 1 rings (SSSR count). The van der Waals surface area contributed by atoms with Gasteiger partial charge < -0.3 is 4.57 Å². The van der Waals surface area contributed by atoms with Crippen LogP contribution in [0.4, 0.5) is 0 Å². The van der Waals surface area contributed by atoms with E-state index in [0.717, 1.165) is 0 Å². The van der Waals surface area contributed by atoms with Crippen LogP contribution >= 0.6 is 10.7 Å². The quantitative estimate of drug-likeness (QED) is 0.626. The molecule has 0 radical (unpaired) electrons. The SMILES string of the molecule is CC#CCCn1cc(S(=O)(=O)Cl)nc1C(C)C. The molecule has 0 atom stereocenters. The Morgan fingerprint density at radius 1 is 1.53 bits per heavy atom. The van der Waals surface area contributed by atoms with E-state index in [0.29, 0.717) is 18.8 Å². The molecule has 0 saturated heterocycles. The number of aryl methyl sites for hydroxylation is 1. The minimum atomic E-state index is -3.76. The van der Waals surface area contributed by atoms with Crippen LogP contribution in [0.2, 0.25) is 0 Å². The van der Waals surface area contributed by atoms with Gasteiger partial charge in [-0.05, 0) is 6.92 Å². The Labute approximate surface area is 106 Å². The first-order chi connectivity index (χ1) is 7.86. The summed E-state index contributed by atoms with van der Waals surface area (Å²) in [5, 5.41) is -0.0904. The summed E-state index contributed by atoms with van der Waals surface area (Å²) in [6.45, 7) is 6.30. The van der Waals surface area contributed by atoms with E-state index in [1.54, 1.807) is 11.5 Å². The van der Waals surface area contributed by atoms with E-state index in [9.17, 15) is 8.42 Å². The Morgan fingerprint density at radius 3 is 2.65 bits per heavy atom. The van der Waals surface area contributed by atoms with Crippen molar-refractivity contribution in [3.63, 3.8) is 0 Å². The van der Waals surface area contributed by atoms with E-state index in [1.807, 2.05) is 13.8 Å². The lowest BCUT2D eigenvalue weighted by Crippen LogP contribution is -2.04. The maximum Gasteiger partial charge on any atom is 0.280 e. The van der Waals surface area contributed by atoms with E-state index >= 15 is 0 Å². The summed E-state index contributed by atoms with van der Waals surface area (Å²) >= 11 is 0. The van der Waals surface area contributed by atoms with E-state index in [4.69, 9.17) is 10.7 Å². The molecule has 0 fully saturated rings. The van der Waals surface area contributed by atoms with Gasteiger partial charge in [-0.15, -0.1) is 11.8 Å². The molecule has 0 N–H and O–H groups in total. The number of halogens is 1. The fourth-order valence-electron chi connectivity index (χ4n) is 1.46. The monoisotopic (exact) mass is 274 g/mol. The molecule has 0 unspecified atom stereocenters. The van der Waals surface area contributed by atoms with Gasteiger partial charge in [0.25, 0.3) is 9.05 Å². The second kappa shape index (κ2) is 5.56. The summed E-state index contributed by atoms with van der Waals surface area (Å²) in [5.74, 6) is 6.57. The van der Waals surface area contributed by atoms with Crippen molar-refractivity contribution < 1.29 is 8.42 Å². The molecule has 0 aliphatic carbocycles. The number of hydrogen-bond donors (Lipinski definition) is 0. The van der Waals surface area contributed by atoms with Gasteiger partial charge in [-0.25, -0.2) is 13.4 Å². The normalized spacial score (nSPS) is 11.4. The number of nitrogens with zero attached hydrogens (tertiary/aromatic N) is 2. The molecule has 4 nitrogen and oxygen atoms in total. The zero-order chi connectivity index (χ0) is 13.1. The third-order valence-corrected chi connectivity index (χ3v) is 3.38. The lowest BCUT2D eigenvalue weighted by atomic mass is 10.2. The first kappa shape index (κ1) is 14.1. The zero-order valence-electron chi connectivity index (χ0n) is 10.1. The van der Waals surface area contributed by atoms with E-state index in [2.05, 4.69) is 16.8 Å². The lowest BCUT2D eigenvalue weighted by molar-refractivity contribution is 0.606. The number of imidazole rings is 1. The van der Waals surface area contributed by atoms with Crippen LogP contribution in [0.3, 0.4) is 0 Å². The zero-order valence-corrected chi connectivity index (χ0v) is 11.6. The van der Waals surface area contributed by atoms with Crippen LogP contribution in [0.5, 0.6) is 0 Å². The van der Waals surface area contributed by atoms with Gasteiger partial charge in [0, 0.05) is 35.8 Å². The predicted octanol–water partition coefficient (Wildman–Crippen LogP) is 2.35. The molecule has 0 saturated carbocycles. The second-order valence-corrected chi connectivity index (χ2v) is 6.41. The molecular weight excluding hydrogens is 260 g/mol. The van der Waals surface area contributed by atoms with Gasteiger partial charge in [0.05, 0.1) is 0 Å². The van der Waals surface area contributed by atoms with E-state index < -0.39 is 9.05 Å². The van der Waals surface area contributed by atoms with E-state index in [-0.39, 0.29) is 10.9 Å². The largest absolute Gasteiger partial charge is 0.332 e. The highest BCUT2D eigenvalue weighted by molar-refractivity contribution is 8.13. The topological polar surface area (TPSA) is 52.0 Å². The summed E-state index contributed by atoms with van der Waals surface area (Å²) in [6.07, 6.45) is 2.13. The summed E-state index contributed by atoms with van der Waals surface area (Å²) < 4.78 is 24.2. The molecule has 0 spiro atoms. The van der Waals surface area contributed by atoms with Crippen molar-refractivity contribution in [1.29, 1.82) is 0 Å². The molecule has 1 aromatic heterocycles. The van der Waals surface area contributed by atoms with Crippen LogP contribution in [0.25, 0.3) is 0 Å². The van der Waals surface area contributed by atoms with Crippen LogP contribution in [-0.2, 0) is 15.6 Å². The number of rotatable bonds is 4. The molecular formula is C11H15ClN2O2S. The van der Waals surface area contributed by atoms with Crippen molar-refractivity contribution in [2.24, 2.45) is 0 Å². The van der Waals surface area contributed by atoms with Crippen LogP contribution < -0.4 is 0 Å². The van der Waals surface area contributed by atoms with E-state index in [1.165, 1.54) is 6.20 Å². The van der Waals surface area contributed by atoms with Crippen molar-refractivity contribution in [1.82, 2.24) is 9.55 Å². The van der Waals surface area contributed by atoms with Gasteiger partial charge in [-0.1, -0.05) is 13.8 Å². The molecule has 1 heterocycles. The third kappa shape index (κ3) is 3.76. The highest BCUT2D eigenvalue weighted by atomic mass is 35.7. The van der Waals surface area contributed by atoms with Gasteiger partial charge in [-0.2, -0.15) is 0 Å². The minimum absolute atomic E-state index is 0.0904. The summed E-state index contributed by atoms with van der Waals surface area (Å²) in [6, 6.07) is 0. The predicted molar refractivity (Wildman–Crippen MR) is 67.4 cm³/mol. The third-order valence-electron chi connectivity index (χ3n) is 2.21. The minimum Gasteiger partial charge on any atom is -0.332 e. The Hall–Kier alpha value is -0.990. The van der Waals surface area contributed by atoms with Crippen molar-refractivity contribution in [3.05, 3.63) is 12.0 Å². The van der Waals surface area contributed by atoms with Crippen molar-refractivity contribution in [2.45, 2.75) is 44.7 Å². The first-order valence-electron chi connectivity index (χ1n) is 5.27. The summed E-state index contributed by atoms with van der Waals surface area (Å²) in [4.78, 5) is 4.05. The van der Waals surface area contributed by atoms with Gasteiger partial charge >= 0.3 is 0 Å². The smallest absolute Gasteiger partial charge is 0.280 e. The highest BCUT2D eigenvalue weighted by Gasteiger charge is 2.19. The summed E-state index contributed by atoms with van der Waals surface area (Å²) in [7, 11) is 1.51. The molecule has 17 heavy (non-hydrogen) atoms. The van der Waals surface area contributed by atoms with Crippen molar-refractivity contribution >= 4 is 19.7 Å². The molecule has 0 aliphatic heterocycles. The molecule has 0 bridgehead atoms. The average Bonchev–Trinajstić information content (AvgIpc) is 2.61. The average molecular weight is 275 g/mol. The van der Waals surface area contributed by atoms with Crippen molar-refractivity contribution in [2.75, 3.05) is 0 Å². The lowest BCUT2D eigenvalue weighted by Gasteiger charge is -2.07. The van der Waals surface area contributed by atoms with Gasteiger partial charge in [0.2, 0.25) is 0 Å². The van der Waals surface area contributed by atoms with Crippen LogP contribution in [0.15, 0.2) is 11.2 Å².